The molecule has 0 aliphatic rings. The van der Waals surface area contributed by atoms with Crippen LogP contribution in [0.2, 0.25) is 0 Å². The second-order valence-electron chi connectivity index (χ2n) is 6.09. The molecule has 3 aromatic rings. The van der Waals surface area contributed by atoms with Crippen molar-refractivity contribution in [3.63, 3.8) is 0 Å². The van der Waals surface area contributed by atoms with Crippen LogP contribution >= 0.6 is 0 Å². The van der Waals surface area contributed by atoms with E-state index in [-0.39, 0.29) is 16.2 Å². The molecule has 0 unspecified atom stereocenters. The van der Waals surface area contributed by atoms with Crippen LogP contribution in [0, 0.1) is 6.92 Å². The number of hydrogen-bond acceptors (Lipinski definition) is 6. The Morgan fingerprint density at radius 1 is 1.03 bits per heavy atom. The first kappa shape index (κ1) is 20.5. The van der Waals surface area contributed by atoms with Gasteiger partial charge in [0, 0.05) is 23.6 Å². The molecule has 29 heavy (non-hydrogen) atoms. The third-order valence-corrected chi connectivity index (χ3v) is 6.00. The van der Waals surface area contributed by atoms with E-state index in [2.05, 4.69) is 10.9 Å². The molecule has 10 heteroatoms. The van der Waals surface area contributed by atoms with Gasteiger partial charge in [0.15, 0.2) is 5.76 Å². The fourth-order valence-electron chi connectivity index (χ4n) is 2.68. The lowest BCUT2D eigenvalue weighted by molar-refractivity contribution is -0.0258. The van der Waals surface area contributed by atoms with E-state index in [0.717, 1.165) is 5.39 Å². The molecule has 0 saturated carbocycles. The number of hydrazine groups is 1. The predicted octanol–water partition coefficient (Wildman–Crippen LogP) is 2.00. The van der Waals surface area contributed by atoms with Crippen molar-refractivity contribution in [2.24, 2.45) is 0 Å². The number of furan rings is 1. The zero-order valence-corrected chi connectivity index (χ0v) is 16.7. The first-order valence-electron chi connectivity index (χ1n) is 8.47. The van der Waals surface area contributed by atoms with Gasteiger partial charge in [0.25, 0.3) is 15.9 Å². The van der Waals surface area contributed by atoms with Crippen LogP contribution in [0.1, 0.15) is 26.5 Å². The van der Waals surface area contributed by atoms with E-state index in [1.54, 1.807) is 19.1 Å². The van der Waals surface area contributed by atoms with Gasteiger partial charge in [-0.15, -0.1) is 0 Å². The summed E-state index contributed by atoms with van der Waals surface area (Å²) in [6.07, 6.45) is 0. The first-order valence-corrected chi connectivity index (χ1v) is 9.91. The van der Waals surface area contributed by atoms with Crippen molar-refractivity contribution in [1.82, 2.24) is 15.3 Å². The fourth-order valence-corrected chi connectivity index (χ4v) is 3.70. The predicted molar refractivity (Wildman–Crippen MR) is 104 cm³/mol. The largest absolute Gasteiger partial charge is 0.451 e. The Kier molecular flexibility index (Phi) is 5.69. The van der Waals surface area contributed by atoms with E-state index < -0.39 is 21.8 Å². The van der Waals surface area contributed by atoms with Crippen molar-refractivity contribution in [3.8, 4) is 0 Å². The van der Waals surface area contributed by atoms with Gasteiger partial charge in [0.2, 0.25) is 0 Å². The molecular formula is C19H19N3O6S. The lowest BCUT2D eigenvalue weighted by Crippen LogP contribution is -2.41. The molecule has 152 valence electrons. The average molecular weight is 417 g/mol. The van der Waals surface area contributed by atoms with Crippen molar-refractivity contribution >= 4 is 32.8 Å². The number of hydrogen-bond donors (Lipinski definition) is 2. The highest BCUT2D eigenvalue weighted by atomic mass is 32.2. The Balaban J connectivity index is 1.75. The maximum atomic E-state index is 12.4. The van der Waals surface area contributed by atoms with Crippen LogP contribution < -0.4 is 10.9 Å². The number of rotatable bonds is 5. The lowest BCUT2D eigenvalue weighted by Gasteiger charge is -2.14. The highest BCUT2D eigenvalue weighted by molar-refractivity contribution is 7.89. The van der Waals surface area contributed by atoms with Gasteiger partial charge in [-0.05, 0) is 31.2 Å². The third-order valence-electron chi connectivity index (χ3n) is 4.33. The Morgan fingerprint density at radius 2 is 1.72 bits per heavy atom. The Hall–Kier alpha value is -3.21. The van der Waals surface area contributed by atoms with Gasteiger partial charge in [-0.25, -0.2) is 8.42 Å². The number of carbonyl (C=O) groups is 2. The van der Waals surface area contributed by atoms with Gasteiger partial charge < -0.3 is 4.42 Å². The summed E-state index contributed by atoms with van der Waals surface area (Å²) in [5.41, 5.74) is 5.76. The highest BCUT2D eigenvalue weighted by Crippen LogP contribution is 2.24. The van der Waals surface area contributed by atoms with Crippen LogP contribution in [0.25, 0.3) is 11.0 Å². The summed E-state index contributed by atoms with van der Waals surface area (Å²) in [6.45, 7) is 1.74. The summed E-state index contributed by atoms with van der Waals surface area (Å²) in [5, 5.41) is 0.796. The summed E-state index contributed by atoms with van der Waals surface area (Å²) in [5.74, 6) is -1.25. The summed E-state index contributed by atoms with van der Waals surface area (Å²) in [7, 11) is -1.46. The van der Waals surface area contributed by atoms with Crippen molar-refractivity contribution in [3.05, 3.63) is 65.4 Å². The summed E-state index contributed by atoms with van der Waals surface area (Å²) in [6, 6.07) is 12.5. The van der Waals surface area contributed by atoms with E-state index in [9.17, 15) is 18.0 Å². The van der Waals surface area contributed by atoms with E-state index in [1.165, 1.54) is 38.4 Å². The maximum Gasteiger partial charge on any atom is 0.305 e. The molecule has 1 heterocycles. The second-order valence-corrected chi connectivity index (χ2v) is 8.02. The molecule has 0 spiro atoms. The van der Waals surface area contributed by atoms with E-state index >= 15 is 0 Å². The summed E-state index contributed by atoms with van der Waals surface area (Å²) >= 11 is 0. The maximum absolute atomic E-state index is 12.4. The third kappa shape index (κ3) is 3.99. The number of amides is 2. The number of hydroxylamine groups is 1. The van der Waals surface area contributed by atoms with Crippen LogP contribution in [0.3, 0.4) is 0 Å². The number of nitrogens with zero attached hydrogens (tertiary/aromatic N) is 1. The number of nitrogens with one attached hydrogen (secondary N) is 2. The molecule has 0 bridgehead atoms. The molecule has 0 aliphatic carbocycles. The van der Waals surface area contributed by atoms with Crippen LogP contribution in [0.4, 0.5) is 0 Å². The van der Waals surface area contributed by atoms with E-state index in [1.807, 2.05) is 12.1 Å². The molecule has 0 radical (unpaired) electrons. The molecule has 9 nitrogen and oxygen atoms in total. The quantitative estimate of drug-likeness (QED) is 0.613. The van der Waals surface area contributed by atoms with Crippen molar-refractivity contribution in [1.29, 1.82) is 0 Å². The molecule has 3 rings (SSSR count). The van der Waals surface area contributed by atoms with E-state index in [4.69, 9.17) is 9.25 Å². The normalized spacial score (nSPS) is 11.6. The molecule has 2 N–H and O–H groups in total. The van der Waals surface area contributed by atoms with E-state index in [0.29, 0.717) is 15.6 Å². The lowest BCUT2D eigenvalue weighted by atomic mass is 10.1. The van der Waals surface area contributed by atoms with Crippen LogP contribution in [0.15, 0.2) is 57.8 Å². The summed E-state index contributed by atoms with van der Waals surface area (Å²) < 4.78 is 30.8. The molecular weight excluding hydrogens is 398 g/mol. The average Bonchev–Trinajstić information content (AvgIpc) is 3.08. The van der Waals surface area contributed by atoms with Gasteiger partial charge in [-0.1, -0.05) is 28.7 Å². The topological polar surface area (TPSA) is 118 Å². The van der Waals surface area contributed by atoms with Crippen LogP contribution in [-0.2, 0) is 14.9 Å². The summed E-state index contributed by atoms with van der Waals surface area (Å²) in [4.78, 5) is 29.3. The Bertz CT molecular complexity index is 1190. The molecule has 0 saturated heterocycles. The van der Waals surface area contributed by atoms with Gasteiger partial charge in [-0.2, -0.15) is 0 Å². The van der Waals surface area contributed by atoms with Gasteiger partial charge in [0.05, 0.1) is 12.0 Å². The minimum absolute atomic E-state index is 0.0391. The fraction of sp³-hybridized carbons (Fsp3) is 0.158. The van der Waals surface area contributed by atoms with Gasteiger partial charge in [0.1, 0.15) is 5.58 Å². The minimum Gasteiger partial charge on any atom is -0.451 e. The molecule has 2 amide bonds. The molecule has 0 atom stereocenters. The number of benzene rings is 2. The van der Waals surface area contributed by atoms with Crippen molar-refractivity contribution < 1.29 is 27.3 Å². The number of para-hydroxylation sites is 1. The number of carbonyl (C=O) groups excluding carboxylic acids is 2. The standard InChI is InChI=1S/C19H19N3O6S/c1-12-15-9-4-5-10-16(15)28-17(12)19(24)21-20-18(23)13-7-6-8-14(11-13)29(25,26)22(2)27-3/h4-11H,1-3H3,(H,20,23)(H,21,24). The van der Waals surface area contributed by atoms with Gasteiger partial charge in [-0.3, -0.25) is 25.3 Å². The van der Waals surface area contributed by atoms with Crippen LogP contribution in [0.5, 0.6) is 0 Å². The van der Waals surface area contributed by atoms with Crippen molar-refractivity contribution in [2.45, 2.75) is 11.8 Å². The Labute approximate surface area is 167 Å². The second kappa shape index (κ2) is 8.03. The smallest absolute Gasteiger partial charge is 0.305 e. The highest BCUT2D eigenvalue weighted by Gasteiger charge is 2.22. The Morgan fingerprint density at radius 3 is 2.41 bits per heavy atom. The number of sulfonamides is 1. The molecule has 0 fully saturated rings. The van der Waals surface area contributed by atoms with Crippen LogP contribution in [-0.4, -0.2) is 38.9 Å². The van der Waals surface area contributed by atoms with Crippen molar-refractivity contribution in [2.75, 3.05) is 14.2 Å². The first-order chi connectivity index (χ1) is 13.8. The number of aryl methyl sites for hydroxylation is 1. The molecule has 0 aliphatic heterocycles. The molecule has 1 aromatic heterocycles. The monoisotopic (exact) mass is 417 g/mol. The van der Waals surface area contributed by atoms with Gasteiger partial charge >= 0.3 is 5.91 Å². The zero-order chi connectivity index (χ0) is 21.2. The minimum atomic E-state index is -3.91. The molecule has 2 aromatic carbocycles. The SMILES string of the molecule is CON(C)S(=O)(=O)c1cccc(C(=O)NNC(=O)c2oc3ccccc3c2C)c1. The zero-order valence-electron chi connectivity index (χ0n) is 15.9. The number of fused-ring (bicyclic) bond motifs is 1.